The maximum atomic E-state index is 10.7. The Labute approximate surface area is 87.8 Å². The Morgan fingerprint density at radius 1 is 1.64 bits per heavy atom. The van der Waals surface area contributed by atoms with Crippen molar-refractivity contribution >= 4 is 17.3 Å². The molecule has 0 saturated heterocycles. The molecule has 0 fully saturated rings. The molecule has 0 aliphatic heterocycles. The average Bonchev–Trinajstić information content (AvgIpc) is 2.49. The molecule has 14 heavy (non-hydrogen) atoms. The molecule has 0 amide bonds. The molecule has 3 nitrogen and oxygen atoms in total. The van der Waals surface area contributed by atoms with Gasteiger partial charge in [0.25, 0.3) is 0 Å². The van der Waals surface area contributed by atoms with E-state index >= 15 is 0 Å². The monoisotopic (exact) mass is 213 g/mol. The normalized spacial score (nSPS) is 15.1. The van der Waals surface area contributed by atoms with Crippen LogP contribution in [0, 0.1) is 18.8 Å². The third-order valence-electron chi connectivity index (χ3n) is 2.44. The summed E-state index contributed by atoms with van der Waals surface area (Å²) in [6.07, 6.45) is 0.748. The van der Waals surface area contributed by atoms with Crippen LogP contribution in [-0.2, 0) is 11.2 Å². The fourth-order valence-corrected chi connectivity index (χ4v) is 1.88. The first-order chi connectivity index (χ1) is 6.50. The van der Waals surface area contributed by atoms with Crippen molar-refractivity contribution in [2.24, 2.45) is 11.8 Å². The first-order valence-electron chi connectivity index (χ1n) is 4.64. The van der Waals surface area contributed by atoms with Crippen LogP contribution >= 0.6 is 11.3 Å². The topological polar surface area (TPSA) is 50.2 Å². The molecule has 0 aliphatic carbocycles. The van der Waals surface area contributed by atoms with Gasteiger partial charge in [-0.3, -0.25) is 4.79 Å². The summed E-state index contributed by atoms with van der Waals surface area (Å²) < 4.78 is 0. The van der Waals surface area contributed by atoms with Crippen LogP contribution in [0.2, 0.25) is 0 Å². The summed E-state index contributed by atoms with van der Waals surface area (Å²) in [5.74, 6) is -0.907. The van der Waals surface area contributed by atoms with Gasteiger partial charge in [-0.25, -0.2) is 4.98 Å². The summed E-state index contributed by atoms with van der Waals surface area (Å²) >= 11 is 1.61. The number of aliphatic carboxylic acids is 1. The van der Waals surface area contributed by atoms with Gasteiger partial charge in [0.15, 0.2) is 0 Å². The van der Waals surface area contributed by atoms with Gasteiger partial charge in [-0.05, 0) is 19.3 Å². The lowest BCUT2D eigenvalue weighted by Gasteiger charge is -2.13. The molecule has 1 aromatic rings. The Morgan fingerprint density at radius 2 is 2.29 bits per heavy atom. The largest absolute Gasteiger partial charge is 0.481 e. The zero-order valence-electron chi connectivity index (χ0n) is 8.65. The van der Waals surface area contributed by atoms with Gasteiger partial charge in [0.05, 0.1) is 16.6 Å². The fraction of sp³-hybridized carbons (Fsp3) is 0.600. The molecular formula is C10H15NO2S. The molecule has 78 valence electrons. The number of hydrogen-bond donors (Lipinski definition) is 1. The minimum atomic E-state index is -0.732. The molecule has 0 saturated carbocycles. The molecule has 1 aromatic heterocycles. The summed E-state index contributed by atoms with van der Waals surface area (Å²) in [5, 5.41) is 11.9. The van der Waals surface area contributed by atoms with Crippen molar-refractivity contribution in [1.29, 1.82) is 0 Å². The smallest absolute Gasteiger partial charge is 0.306 e. The fourth-order valence-electron chi connectivity index (χ4n) is 1.25. The van der Waals surface area contributed by atoms with Crippen molar-refractivity contribution in [3.05, 3.63) is 16.1 Å². The highest BCUT2D eigenvalue weighted by atomic mass is 32.1. The minimum absolute atomic E-state index is 0.133. The lowest BCUT2D eigenvalue weighted by Crippen LogP contribution is -2.20. The van der Waals surface area contributed by atoms with Gasteiger partial charge in [0.2, 0.25) is 0 Å². The first kappa shape index (κ1) is 11.2. The van der Waals surface area contributed by atoms with Crippen LogP contribution in [-0.4, -0.2) is 16.1 Å². The second kappa shape index (κ2) is 4.55. The molecule has 0 radical (unpaired) electrons. The molecule has 1 N–H and O–H groups in total. The standard InChI is InChI=1S/C10H15NO2S/c1-6(7(2)10(12)13)4-9-5-14-8(3)11-9/h5-7H,4H2,1-3H3,(H,12,13). The third kappa shape index (κ3) is 2.80. The highest BCUT2D eigenvalue weighted by Gasteiger charge is 2.20. The van der Waals surface area contributed by atoms with E-state index in [1.807, 2.05) is 19.2 Å². The molecule has 0 aromatic carbocycles. The zero-order chi connectivity index (χ0) is 10.7. The number of carboxylic acid groups (broad SMARTS) is 1. The highest BCUT2D eigenvalue weighted by molar-refractivity contribution is 7.09. The van der Waals surface area contributed by atoms with Gasteiger partial charge in [-0.15, -0.1) is 11.3 Å². The van der Waals surface area contributed by atoms with E-state index in [1.165, 1.54) is 0 Å². The van der Waals surface area contributed by atoms with Crippen LogP contribution in [0.4, 0.5) is 0 Å². The predicted molar refractivity (Wildman–Crippen MR) is 56.5 cm³/mol. The quantitative estimate of drug-likeness (QED) is 0.835. The van der Waals surface area contributed by atoms with Gasteiger partial charge in [-0.1, -0.05) is 13.8 Å². The van der Waals surface area contributed by atoms with Crippen LogP contribution in [0.5, 0.6) is 0 Å². The number of carbonyl (C=O) groups is 1. The number of thiazole rings is 1. The zero-order valence-corrected chi connectivity index (χ0v) is 9.47. The van der Waals surface area contributed by atoms with Crippen LogP contribution in [0.25, 0.3) is 0 Å². The summed E-state index contributed by atoms with van der Waals surface area (Å²) in [5.41, 5.74) is 1.01. The van der Waals surface area contributed by atoms with Crippen LogP contribution in [0.15, 0.2) is 5.38 Å². The number of hydrogen-bond acceptors (Lipinski definition) is 3. The Bertz CT molecular complexity index is 322. The molecule has 0 spiro atoms. The van der Waals surface area contributed by atoms with Gasteiger partial charge < -0.3 is 5.11 Å². The first-order valence-corrected chi connectivity index (χ1v) is 5.52. The summed E-state index contributed by atoms with van der Waals surface area (Å²) in [6, 6.07) is 0. The van der Waals surface area contributed by atoms with Crippen LogP contribution in [0.1, 0.15) is 24.5 Å². The van der Waals surface area contributed by atoms with Crippen molar-refractivity contribution in [3.63, 3.8) is 0 Å². The maximum absolute atomic E-state index is 10.7. The summed E-state index contributed by atoms with van der Waals surface area (Å²) in [4.78, 5) is 15.0. The van der Waals surface area contributed by atoms with E-state index in [-0.39, 0.29) is 11.8 Å². The van der Waals surface area contributed by atoms with Crippen molar-refractivity contribution < 1.29 is 9.90 Å². The Morgan fingerprint density at radius 3 is 2.71 bits per heavy atom. The van der Waals surface area contributed by atoms with Crippen molar-refractivity contribution in [3.8, 4) is 0 Å². The van der Waals surface area contributed by atoms with Crippen molar-refractivity contribution in [2.75, 3.05) is 0 Å². The molecule has 0 aliphatic rings. The predicted octanol–water partition coefficient (Wildman–Crippen LogP) is 2.35. The number of aryl methyl sites for hydroxylation is 1. The highest BCUT2D eigenvalue weighted by Crippen LogP contribution is 2.18. The number of rotatable bonds is 4. The van der Waals surface area contributed by atoms with Crippen molar-refractivity contribution in [2.45, 2.75) is 27.2 Å². The molecule has 0 bridgehead atoms. The second-order valence-electron chi connectivity index (χ2n) is 3.67. The number of carboxylic acids is 1. The van der Waals surface area contributed by atoms with Crippen molar-refractivity contribution in [1.82, 2.24) is 4.98 Å². The second-order valence-corrected chi connectivity index (χ2v) is 4.73. The lowest BCUT2D eigenvalue weighted by atomic mass is 9.92. The van der Waals surface area contributed by atoms with Gasteiger partial charge in [0.1, 0.15) is 0 Å². The van der Waals surface area contributed by atoms with E-state index in [2.05, 4.69) is 4.98 Å². The van der Waals surface area contributed by atoms with E-state index < -0.39 is 5.97 Å². The van der Waals surface area contributed by atoms with Gasteiger partial charge in [-0.2, -0.15) is 0 Å². The van der Waals surface area contributed by atoms with E-state index in [1.54, 1.807) is 18.3 Å². The Balaban J connectivity index is 2.56. The van der Waals surface area contributed by atoms with E-state index in [4.69, 9.17) is 5.11 Å². The van der Waals surface area contributed by atoms with Gasteiger partial charge in [0, 0.05) is 5.38 Å². The summed E-state index contributed by atoms with van der Waals surface area (Å²) in [6.45, 7) is 5.65. The van der Waals surface area contributed by atoms with Crippen LogP contribution in [0.3, 0.4) is 0 Å². The Kier molecular flexibility index (Phi) is 3.63. The SMILES string of the molecule is Cc1nc(CC(C)C(C)C(=O)O)cs1. The molecule has 1 rings (SSSR count). The lowest BCUT2D eigenvalue weighted by molar-refractivity contribution is -0.142. The molecule has 2 unspecified atom stereocenters. The van der Waals surface area contributed by atoms with E-state index in [9.17, 15) is 4.79 Å². The van der Waals surface area contributed by atoms with E-state index in [0.29, 0.717) is 0 Å². The number of nitrogens with zero attached hydrogens (tertiary/aromatic N) is 1. The molecular weight excluding hydrogens is 198 g/mol. The maximum Gasteiger partial charge on any atom is 0.306 e. The molecule has 2 atom stereocenters. The van der Waals surface area contributed by atoms with Gasteiger partial charge >= 0.3 is 5.97 Å². The van der Waals surface area contributed by atoms with Crippen LogP contribution < -0.4 is 0 Å². The average molecular weight is 213 g/mol. The van der Waals surface area contributed by atoms with E-state index in [0.717, 1.165) is 17.1 Å². The number of aromatic nitrogens is 1. The molecule has 4 heteroatoms. The Hall–Kier alpha value is -0.900. The summed E-state index contributed by atoms with van der Waals surface area (Å²) in [7, 11) is 0. The molecule has 1 heterocycles. The minimum Gasteiger partial charge on any atom is -0.481 e. The third-order valence-corrected chi connectivity index (χ3v) is 3.26.